The number of benzene rings is 1. The van der Waals surface area contributed by atoms with Crippen LogP contribution in [-0.4, -0.2) is 16.1 Å². The van der Waals surface area contributed by atoms with E-state index in [1.165, 1.54) is 0 Å². The highest BCUT2D eigenvalue weighted by Crippen LogP contribution is 2.25. The van der Waals surface area contributed by atoms with Gasteiger partial charge in [0, 0.05) is 16.9 Å². The van der Waals surface area contributed by atoms with E-state index in [1.807, 2.05) is 36.4 Å². The Morgan fingerprint density at radius 2 is 2.00 bits per heavy atom. The lowest BCUT2D eigenvalue weighted by Crippen LogP contribution is -2.09. The van der Waals surface area contributed by atoms with Crippen molar-refractivity contribution in [2.75, 3.05) is 0 Å². The summed E-state index contributed by atoms with van der Waals surface area (Å²) in [5.74, 6) is -0.813. The molecule has 19 heavy (non-hydrogen) atoms. The maximum absolute atomic E-state index is 11.0. The molecule has 0 saturated heterocycles. The third-order valence-electron chi connectivity index (χ3n) is 2.97. The maximum atomic E-state index is 11.0. The molecule has 1 heterocycles. The predicted octanol–water partition coefficient (Wildman–Crippen LogP) is 3.65. The van der Waals surface area contributed by atoms with Crippen LogP contribution in [0.1, 0.15) is 23.5 Å². The molecule has 98 valence electrons. The number of hydrogen-bond acceptors (Lipinski definition) is 2. The Balaban J connectivity index is 2.20. The number of carboxylic acids is 1. The molecule has 0 aliphatic heterocycles. The second kappa shape index (κ2) is 6.48. The van der Waals surface area contributed by atoms with Gasteiger partial charge in [0.1, 0.15) is 0 Å². The summed E-state index contributed by atoms with van der Waals surface area (Å²) in [5.41, 5.74) is 2.09. The number of aliphatic carboxylic acids is 1. The minimum Gasteiger partial charge on any atom is -0.481 e. The van der Waals surface area contributed by atoms with Crippen molar-refractivity contribution in [2.45, 2.75) is 18.8 Å². The molecule has 0 saturated carbocycles. The first kappa shape index (κ1) is 13.7. The molecule has 1 unspecified atom stereocenters. The van der Waals surface area contributed by atoms with Crippen LogP contribution in [-0.2, 0) is 11.2 Å². The van der Waals surface area contributed by atoms with E-state index >= 15 is 0 Å². The molecule has 1 N–H and O–H groups in total. The SMILES string of the molecule is O=C(O)CC(Cc1cccnc1)c1ccc(Br)cc1. The quantitative estimate of drug-likeness (QED) is 0.915. The molecule has 1 aromatic carbocycles. The Bertz CT molecular complexity index is 540. The zero-order chi connectivity index (χ0) is 13.7. The van der Waals surface area contributed by atoms with Crippen LogP contribution < -0.4 is 0 Å². The molecule has 1 aromatic heterocycles. The number of rotatable bonds is 5. The molecule has 0 amide bonds. The lowest BCUT2D eigenvalue weighted by atomic mass is 9.90. The van der Waals surface area contributed by atoms with E-state index in [1.54, 1.807) is 12.4 Å². The zero-order valence-corrected chi connectivity index (χ0v) is 11.9. The van der Waals surface area contributed by atoms with Crippen LogP contribution in [0.4, 0.5) is 0 Å². The van der Waals surface area contributed by atoms with Crippen molar-refractivity contribution in [3.8, 4) is 0 Å². The summed E-state index contributed by atoms with van der Waals surface area (Å²) in [5, 5.41) is 9.05. The van der Waals surface area contributed by atoms with Gasteiger partial charge in [-0.15, -0.1) is 0 Å². The average molecular weight is 320 g/mol. The number of nitrogens with zero attached hydrogens (tertiary/aromatic N) is 1. The fourth-order valence-corrected chi connectivity index (χ4v) is 2.32. The van der Waals surface area contributed by atoms with Crippen LogP contribution in [0.5, 0.6) is 0 Å². The summed E-state index contributed by atoms with van der Waals surface area (Å²) >= 11 is 3.39. The van der Waals surface area contributed by atoms with Crippen LogP contribution >= 0.6 is 15.9 Å². The number of halogens is 1. The van der Waals surface area contributed by atoms with Crippen molar-refractivity contribution in [3.05, 3.63) is 64.4 Å². The second-order valence-electron chi connectivity index (χ2n) is 4.41. The summed E-state index contributed by atoms with van der Waals surface area (Å²) < 4.78 is 0.992. The Hall–Kier alpha value is -1.68. The van der Waals surface area contributed by atoms with Crippen molar-refractivity contribution in [3.63, 3.8) is 0 Å². The van der Waals surface area contributed by atoms with Crippen LogP contribution in [0, 0.1) is 0 Å². The molecule has 4 heteroatoms. The van der Waals surface area contributed by atoms with Crippen molar-refractivity contribution in [1.82, 2.24) is 4.98 Å². The first-order chi connectivity index (χ1) is 9.15. The smallest absolute Gasteiger partial charge is 0.303 e. The molecular weight excluding hydrogens is 306 g/mol. The van der Waals surface area contributed by atoms with Gasteiger partial charge in [-0.3, -0.25) is 9.78 Å². The van der Waals surface area contributed by atoms with E-state index in [4.69, 9.17) is 5.11 Å². The van der Waals surface area contributed by atoms with E-state index in [-0.39, 0.29) is 12.3 Å². The summed E-state index contributed by atoms with van der Waals surface area (Å²) in [6.45, 7) is 0. The van der Waals surface area contributed by atoms with Gasteiger partial charge in [-0.25, -0.2) is 0 Å². The Morgan fingerprint density at radius 1 is 1.26 bits per heavy atom. The topological polar surface area (TPSA) is 50.2 Å². The van der Waals surface area contributed by atoms with E-state index in [0.29, 0.717) is 6.42 Å². The molecule has 0 radical (unpaired) electrons. The Morgan fingerprint density at radius 3 is 2.58 bits per heavy atom. The molecule has 0 fully saturated rings. The molecule has 2 aromatic rings. The van der Waals surface area contributed by atoms with Gasteiger partial charge in [-0.1, -0.05) is 34.1 Å². The molecule has 2 rings (SSSR count). The van der Waals surface area contributed by atoms with Crippen molar-refractivity contribution < 1.29 is 9.90 Å². The average Bonchev–Trinajstić information content (AvgIpc) is 2.39. The van der Waals surface area contributed by atoms with Gasteiger partial charge < -0.3 is 5.11 Å². The standard InChI is InChI=1S/C15H14BrNO2/c16-14-5-3-12(4-6-14)13(9-15(18)19)8-11-2-1-7-17-10-11/h1-7,10,13H,8-9H2,(H,18,19). The molecule has 0 bridgehead atoms. The normalized spacial score (nSPS) is 12.1. The lowest BCUT2D eigenvalue weighted by Gasteiger charge is -2.15. The number of carboxylic acid groups (broad SMARTS) is 1. The fourth-order valence-electron chi connectivity index (χ4n) is 2.06. The Kier molecular flexibility index (Phi) is 4.68. The van der Waals surface area contributed by atoms with Gasteiger partial charge in [-0.05, 0) is 41.7 Å². The number of pyridine rings is 1. The third kappa shape index (κ3) is 4.17. The second-order valence-corrected chi connectivity index (χ2v) is 5.33. The Labute approximate surface area is 120 Å². The van der Waals surface area contributed by atoms with Gasteiger partial charge in [0.25, 0.3) is 0 Å². The monoisotopic (exact) mass is 319 g/mol. The number of hydrogen-bond donors (Lipinski definition) is 1. The van der Waals surface area contributed by atoms with Crippen LogP contribution in [0.3, 0.4) is 0 Å². The largest absolute Gasteiger partial charge is 0.481 e. The van der Waals surface area contributed by atoms with Gasteiger partial charge in [-0.2, -0.15) is 0 Å². The molecular formula is C15H14BrNO2. The minimum absolute atomic E-state index is 0.0326. The minimum atomic E-state index is -0.781. The molecule has 3 nitrogen and oxygen atoms in total. The van der Waals surface area contributed by atoms with E-state index in [9.17, 15) is 4.79 Å². The number of aromatic nitrogens is 1. The molecule has 0 spiro atoms. The van der Waals surface area contributed by atoms with E-state index < -0.39 is 5.97 Å². The number of carbonyl (C=O) groups is 1. The first-order valence-corrected chi connectivity index (χ1v) is 6.80. The van der Waals surface area contributed by atoms with Gasteiger partial charge in [0.05, 0.1) is 6.42 Å². The summed E-state index contributed by atoms with van der Waals surface area (Å²) in [6, 6.07) is 11.7. The van der Waals surface area contributed by atoms with E-state index in [0.717, 1.165) is 15.6 Å². The first-order valence-electron chi connectivity index (χ1n) is 6.01. The van der Waals surface area contributed by atoms with Gasteiger partial charge in [0.2, 0.25) is 0 Å². The third-order valence-corrected chi connectivity index (χ3v) is 3.50. The van der Waals surface area contributed by atoms with Crippen molar-refractivity contribution >= 4 is 21.9 Å². The van der Waals surface area contributed by atoms with Crippen molar-refractivity contribution in [2.24, 2.45) is 0 Å². The highest BCUT2D eigenvalue weighted by Gasteiger charge is 2.16. The summed E-state index contributed by atoms with van der Waals surface area (Å²) in [4.78, 5) is 15.1. The molecule has 0 aliphatic carbocycles. The van der Waals surface area contributed by atoms with Crippen LogP contribution in [0.2, 0.25) is 0 Å². The van der Waals surface area contributed by atoms with Crippen LogP contribution in [0.25, 0.3) is 0 Å². The van der Waals surface area contributed by atoms with Gasteiger partial charge >= 0.3 is 5.97 Å². The lowest BCUT2D eigenvalue weighted by molar-refractivity contribution is -0.137. The summed E-state index contributed by atoms with van der Waals surface area (Å²) in [6.07, 6.45) is 4.31. The highest BCUT2D eigenvalue weighted by atomic mass is 79.9. The predicted molar refractivity (Wildman–Crippen MR) is 77.1 cm³/mol. The summed E-state index contributed by atoms with van der Waals surface area (Å²) in [7, 11) is 0. The van der Waals surface area contributed by atoms with Crippen molar-refractivity contribution in [1.29, 1.82) is 0 Å². The van der Waals surface area contributed by atoms with Gasteiger partial charge in [0.15, 0.2) is 0 Å². The van der Waals surface area contributed by atoms with Crippen LogP contribution in [0.15, 0.2) is 53.3 Å². The zero-order valence-electron chi connectivity index (χ0n) is 10.3. The fraction of sp³-hybridized carbons (Fsp3) is 0.200. The highest BCUT2D eigenvalue weighted by molar-refractivity contribution is 9.10. The van der Waals surface area contributed by atoms with E-state index in [2.05, 4.69) is 20.9 Å². The molecule has 0 aliphatic rings. The molecule has 1 atom stereocenters. The maximum Gasteiger partial charge on any atom is 0.303 e.